The van der Waals surface area contributed by atoms with Crippen molar-refractivity contribution in [1.82, 2.24) is 0 Å². The normalized spacial score (nSPS) is 11.4. The first-order chi connectivity index (χ1) is 9.70. The Morgan fingerprint density at radius 1 is 1.05 bits per heavy atom. The van der Waals surface area contributed by atoms with Crippen molar-refractivity contribution < 1.29 is 22.5 Å². The highest BCUT2D eigenvalue weighted by atomic mass is 19.4. The smallest absolute Gasteiger partial charge is 0.396 e. The average Bonchev–Trinajstić information content (AvgIpc) is 2.40. The monoisotopic (exact) mass is 300 g/mol. The van der Waals surface area contributed by atoms with Crippen LogP contribution in [0, 0.1) is 15.9 Å². The molecule has 110 valence electrons. The SMILES string of the molecule is Nc1ccc(-c2ccc(C(F)(F)F)c([N+](=O)[O-])c2)cc1F. The Kier molecular flexibility index (Phi) is 3.54. The number of nitrogens with zero attached hydrogens (tertiary/aromatic N) is 1. The Bertz CT molecular complexity index is 714. The molecule has 0 heterocycles. The second-order valence-electron chi connectivity index (χ2n) is 4.22. The molecular formula is C13H8F4N2O2. The first-order valence-electron chi connectivity index (χ1n) is 5.61. The van der Waals surface area contributed by atoms with Crippen molar-refractivity contribution in [3.63, 3.8) is 0 Å². The summed E-state index contributed by atoms with van der Waals surface area (Å²) < 4.78 is 51.4. The summed E-state index contributed by atoms with van der Waals surface area (Å²) in [6, 6.07) is 6.00. The number of nitro benzene ring substituents is 1. The van der Waals surface area contributed by atoms with Gasteiger partial charge in [0.25, 0.3) is 5.69 Å². The highest BCUT2D eigenvalue weighted by molar-refractivity contribution is 5.69. The molecular weight excluding hydrogens is 292 g/mol. The van der Waals surface area contributed by atoms with E-state index in [1.165, 1.54) is 12.1 Å². The number of rotatable bonds is 2. The highest BCUT2D eigenvalue weighted by Crippen LogP contribution is 2.38. The van der Waals surface area contributed by atoms with Crippen LogP contribution in [0.5, 0.6) is 0 Å². The number of hydrogen-bond donors (Lipinski definition) is 1. The molecule has 0 spiro atoms. The summed E-state index contributed by atoms with van der Waals surface area (Å²) in [5.41, 5.74) is 3.01. The molecule has 0 saturated heterocycles. The minimum atomic E-state index is -4.84. The van der Waals surface area contributed by atoms with Crippen LogP contribution in [0.25, 0.3) is 11.1 Å². The van der Waals surface area contributed by atoms with Crippen LogP contribution in [0.3, 0.4) is 0 Å². The molecule has 0 atom stereocenters. The summed E-state index contributed by atoms with van der Waals surface area (Å²) in [5.74, 6) is -0.755. The Labute approximate surface area is 116 Å². The highest BCUT2D eigenvalue weighted by Gasteiger charge is 2.38. The zero-order chi connectivity index (χ0) is 15.8. The van der Waals surface area contributed by atoms with E-state index in [0.717, 1.165) is 18.2 Å². The first-order valence-corrected chi connectivity index (χ1v) is 5.61. The fourth-order valence-corrected chi connectivity index (χ4v) is 1.81. The molecule has 21 heavy (non-hydrogen) atoms. The fraction of sp³-hybridized carbons (Fsp3) is 0.0769. The minimum absolute atomic E-state index is 0.0913. The summed E-state index contributed by atoms with van der Waals surface area (Å²) >= 11 is 0. The second-order valence-corrected chi connectivity index (χ2v) is 4.22. The van der Waals surface area contributed by atoms with E-state index in [0.29, 0.717) is 6.07 Å². The Morgan fingerprint density at radius 3 is 2.14 bits per heavy atom. The molecule has 0 aromatic heterocycles. The van der Waals surface area contributed by atoms with Crippen molar-refractivity contribution in [3.8, 4) is 11.1 Å². The lowest BCUT2D eigenvalue weighted by molar-refractivity contribution is -0.388. The third-order valence-corrected chi connectivity index (χ3v) is 2.83. The van der Waals surface area contributed by atoms with E-state index in [1.54, 1.807) is 0 Å². The van der Waals surface area contributed by atoms with Gasteiger partial charge in [0.05, 0.1) is 10.6 Å². The van der Waals surface area contributed by atoms with Crippen LogP contribution in [-0.4, -0.2) is 4.92 Å². The Morgan fingerprint density at radius 2 is 1.62 bits per heavy atom. The van der Waals surface area contributed by atoms with E-state index in [9.17, 15) is 27.7 Å². The van der Waals surface area contributed by atoms with Crippen LogP contribution >= 0.6 is 0 Å². The summed E-state index contributed by atoms with van der Waals surface area (Å²) in [7, 11) is 0. The lowest BCUT2D eigenvalue weighted by Gasteiger charge is -2.09. The van der Waals surface area contributed by atoms with Gasteiger partial charge in [-0.05, 0) is 29.3 Å². The van der Waals surface area contributed by atoms with Crippen molar-refractivity contribution in [3.05, 3.63) is 57.9 Å². The molecule has 2 N–H and O–H groups in total. The van der Waals surface area contributed by atoms with Gasteiger partial charge in [0, 0.05) is 6.07 Å². The van der Waals surface area contributed by atoms with E-state index in [-0.39, 0.29) is 16.8 Å². The molecule has 0 radical (unpaired) electrons. The van der Waals surface area contributed by atoms with E-state index in [4.69, 9.17) is 5.73 Å². The maximum atomic E-state index is 13.4. The van der Waals surface area contributed by atoms with E-state index < -0.39 is 28.2 Å². The van der Waals surface area contributed by atoms with Crippen LogP contribution in [0.15, 0.2) is 36.4 Å². The van der Waals surface area contributed by atoms with Gasteiger partial charge in [-0.25, -0.2) is 4.39 Å². The quantitative estimate of drug-likeness (QED) is 0.394. The molecule has 0 aliphatic rings. The van der Waals surface area contributed by atoms with E-state index in [2.05, 4.69) is 0 Å². The van der Waals surface area contributed by atoms with Crippen molar-refractivity contribution in [2.75, 3.05) is 5.73 Å². The predicted molar refractivity (Wildman–Crippen MR) is 67.9 cm³/mol. The minimum Gasteiger partial charge on any atom is -0.396 e. The van der Waals surface area contributed by atoms with Crippen molar-refractivity contribution in [2.45, 2.75) is 6.18 Å². The van der Waals surface area contributed by atoms with Gasteiger partial charge in [0.1, 0.15) is 11.4 Å². The van der Waals surface area contributed by atoms with Gasteiger partial charge in [-0.3, -0.25) is 10.1 Å². The topological polar surface area (TPSA) is 69.2 Å². The number of anilines is 1. The lowest BCUT2D eigenvalue weighted by Crippen LogP contribution is -2.08. The van der Waals surface area contributed by atoms with Gasteiger partial charge >= 0.3 is 6.18 Å². The molecule has 0 fully saturated rings. The summed E-state index contributed by atoms with van der Waals surface area (Å²) in [6.45, 7) is 0. The summed E-state index contributed by atoms with van der Waals surface area (Å²) in [5, 5.41) is 10.8. The number of nitro groups is 1. The molecule has 0 aliphatic heterocycles. The Balaban J connectivity index is 2.59. The molecule has 2 rings (SSSR count). The first kappa shape index (κ1) is 14.8. The molecule has 2 aromatic carbocycles. The molecule has 0 aliphatic carbocycles. The second kappa shape index (κ2) is 5.04. The molecule has 0 bridgehead atoms. The summed E-state index contributed by atoms with van der Waals surface area (Å²) in [4.78, 5) is 9.66. The van der Waals surface area contributed by atoms with Crippen LogP contribution in [0.1, 0.15) is 5.56 Å². The van der Waals surface area contributed by atoms with Crippen LogP contribution in [0.4, 0.5) is 28.9 Å². The van der Waals surface area contributed by atoms with Crippen molar-refractivity contribution >= 4 is 11.4 Å². The molecule has 0 saturated carbocycles. The van der Waals surface area contributed by atoms with Gasteiger partial charge in [0.2, 0.25) is 0 Å². The zero-order valence-corrected chi connectivity index (χ0v) is 10.3. The number of halogens is 4. The van der Waals surface area contributed by atoms with Gasteiger partial charge in [0.15, 0.2) is 0 Å². The number of alkyl halides is 3. The van der Waals surface area contributed by atoms with E-state index >= 15 is 0 Å². The largest absolute Gasteiger partial charge is 0.422 e. The number of nitrogen functional groups attached to an aromatic ring is 1. The molecule has 8 heteroatoms. The third kappa shape index (κ3) is 2.93. The van der Waals surface area contributed by atoms with Gasteiger partial charge in [-0.1, -0.05) is 12.1 Å². The molecule has 0 unspecified atom stereocenters. The summed E-state index contributed by atoms with van der Waals surface area (Å²) in [6.07, 6.45) is -4.84. The molecule has 2 aromatic rings. The van der Waals surface area contributed by atoms with Crippen LogP contribution in [-0.2, 0) is 6.18 Å². The molecule has 4 nitrogen and oxygen atoms in total. The zero-order valence-electron chi connectivity index (χ0n) is 10.3. The van der Waals surface area contributed by atoms with Crippen molar-refractivity contribution in [1.29, 1.82) is 0 Å². The number of benzene rings is 2. The molecule has 0 amide bonds. The van der Waals surface area contributed by atoms with Gasteiger partial charge in [-0.15, -0.1) is 0 Å². The maximum absolute atomic E-state index is 13.4. The van der Waals surface area contributed by atoms with Gasteiger partial charge in [-0.2, -0.15) is 13.2 Å². The van der Waals surface area contributed by atoms with Gasteiger partial charge < -0.3 is 5.73 Å². The van der Waals surface area contributed by atoms with Crippen LogP contribution in [0.2, 0.25) is 0 Å². The Hall–Kier alpha value is -2.64. The maximum Gasteiger partial charge on any atom is 0.422 e. The average molecular weight is 300 g/mol. The predicted octanol–water partition coefficient (Wildman–Crippen LogP) is 4.00. The van der Waals surface area contributed by atoms with E-state index in [1.807, 2.05) is 0 Å². The number of hydrogen-bond acceptors (Lipinski definition) is 3. The lowest BCUT2D eigenvalue weighted by atomic mass is 10.0. The standard InChI is InChI=1S/C13H8F4N2O2/c14-10-5-7(2-4-11(10)18)8-1-3-9(13(15,16)17)12(6-8)19(20)21/h1-6H,18H2. The van der Waals surface area contributed by atoms with Crippen molar-refractivity contribution in [2.24, 2.45) is 0 Å². The van der Waals surface area contributed by atoms with Crippen LogP contribution < -0.4 is 5.73 Å². The fourth-order valence-electron chi connectivity index (χ4n) is 1.81. The number of nitrogens with two attached hydrogens (primary N) is 1. The third-order valence-electron chi connectivity index (χ3n) is 2.83.